The van der Waals surface area contributed by atoms with Gasteiger partial charge in [-0.05, 0) is 35.9 Å². The number of nitrogens with one attached hydrogen (secondary N) is 1. The molecule has 0 aliphatic rings. The van der Waals surface area contributed by atoms with E-state index in [0.717, 1.165) is 0 Å². The molecule has 0 spiro atoms. The van der Waals surface area contributed by atoms with Crippen LogP contribution >= 0.6 is 0 Å². The van der Waals surface area contributed by atoms with Crippen molar-refractivity contribution in [3.8, 4) is 6.07 Å². The van der Waals surface area contributed by atoms with Crippen LogP contribution in [-0.4, -0.2) is 19.0 Å². The summed E-state index contributed by atoms with van der Waals surface area (Å²) in [5, 5.41) is 11.5. The fraction of sp³-hybridized carbons (Fsp3) is 0.0556. The van der Waals surface area contributed by atoms with Gasteiger partial charge in [0.05, 0.1) is 18.4 Å². The van der Waals surface area contributed by atoms with Gasteiger partial charge in [-0.2, -0.15) is 5.26 Å². The van der Waals surface area contributed by atoms with Crippen molar-refractivity contribution in [3.63, 3.8) is 0 Å². The molecule has 2 aromatic carbocycles. The lowest BCUT2D eigenvalue weighted by molar-refractivity contribution is -0.112. The molecule has 2 aromatic rings. The molecule has 0 fully saturated rings. The molecule has 24 heavy (non-hydrogen) atoms. The smallest absolute Gasteiger partial charge is 0.337 e. The fourth-order valence-electron chi connectivity index (χ4n) is 1.90. The van der Waals surface area contributed by atoms with E-state index in [1.54, 1.807) is 24.3 Å². The molecule has 0 aliphatic heterocycles. The number of carbonyl (C=O) groups is 2. The minimum Gasteiger partial charge on any atom is -0.465 e. The van der Waals surface area contributed by atoms with Crippen molar-refractivity contribution in [1.29, 1.82) is 5.26 Å². The van der Waals surface area contributed by atoms with E-state index in [1.807, 2.05) is 0 Å². The molecule has 0 aromatic heterocycles. The Morgan fingerprint density at radius 3 is 2.42 bits per heavy atom. The van der Waals surface area contributed by atoms with Gasteiger partial charge in [0.15, 0.2) is 0 Å². The second-order valence-electron chi connectivity index (χ2n) is 4.72. The van der Waals surface area contributed by atoms with Crippen molar-refractivity contribution in [3.05, 3.63) is 71.0 Å². The summed E-state index contributed by atoms with van der Waals surface area (Å²) in [4.78, 5) is 23.4. The van der Waals surface area contributed by atoms with Gasteiger partial charge in [0.2, 0.25) is 0 Å². The average molecular weight is 324 g/mol. The highest BCUT2D eigenvalue weighted by molar-refractivity contribution is 6.09. The first-order valence-electron chi connectivity index (χ1n) is 6.91. The highest BCUT2D eigenvalue weighted by Crippen LogP contribution is 2.15. The maximum absolute atomic E-state index is 13.5. The van der Waals surface area contributed by atoms with Crippen LogP contribution in [0.4, 0.5) is 10.1 Å². The summed E-state index contributed by atoms with van der Waals surface area (Å²) in [6, 6.07) is 13.6. The van der Waals surface area contributed by atoms with Crippen molar-refractivity contribution in [2.75, 3.05) is 12.4 Å². The Morgan fingerprint density at radius 1 is 1.17 bits per heavy atom. The molecule has 0 saturated heterocycles. The second kappa shape index (κ2) is 7.70. The average Bonchev–Trinajstić information content (AvgIpc) is 2.61. The highest BCUT2D eigenvalue weighted by atomic mass is 19.1. The number of amides is 1. The lowest BCUT2D eigenvalue weighted by Gasteiger charge is -2.05. The molecule has 0 radical (unpaired) electrons. The molecule has 2 rings (SSSR count). The van der Waals surface area contributed by atoms with E-state index in [9.17, 15) is 14.0 Å². The van der Waals surface area contributed by atoms with Crippen LogP contribution in [0.1, 0.15) is 15.9 Å². The van der Waals surface area contributed by atoms with E-state index in [4.69, 9.17) is 5.26 Å². The van der Waals surface area contributed by atoms with Crippen LogP contribution in [-0.2, 0) is 9.53 Å². The Kier molecular flexibility index (Phi) is 5.42. The summed E-state index contributed by atoms with van der Waals surface area (Å²) >= 11 is 0. The Balaban J connectivity index is 2.20. The number of benzene rings is 2. The van der Waals surface area contributed by atoms with Gasteiger partial charge in [-0.3, -0.25) is 4.79 Å². The zero-order valence-electron chi connectivity index (χ0n) is 12.7. The van der Waals surface area contributed by atoms with Gasteiger partial charge in [0.25, 0.3) is 5.91 Å². The normalized spacial score (nSPS) is 10.6. The second-order valence-corrected chi connectivity index (χ2v) is 4.72. The molecule has 0 unspecified atom stereocenters. The van der Waals surface area contributed by atoms with Crippen LogP contribution in [0.3, 0.4) is 0 Å². The number of nitrogens with zero attached hydrogens (tertiary/aromatic N) is 1. The van der Waals surface area contributed by atoms with Crippen molar-refractivity contribution in [2.45, 2.75) is 0 Å². The summed E-state index contributed by atoms with van der Waals surface area (Å²) in [5.74, 6) is -1.80. The summed E-state index contributed by atoms with van der Waals surface area (Å²) in [5.41, 5.74) is 0.695. The zero-order valence-corrected chi connectivity index (χ0v) is 12.7. The van der Waals surface area contributed by atoms with E-state index in [2.05, 4.69) is 10.1 Å². The minimum atomic E-state index is -0.723. The Morgan fingerprint density at radius 2 is 1.83 bits per heavy atom. The topological polar surface area (TPSA) is 79.2 Å². The van der Waals surface area contributed by atoms with E-state index in [-0.39, 0.29) is 11.3 Å². The van der Waals surface area contributed by atoms with Gasteiger partial charge in [-0.25, -0.2) is 9.18 Å². The summed E-state index contributed by atoms with van der Waals surface area (Å²) in [6.07, 6.45) is 1.34. The first kappa shape index (κ1) is 16.9. The van der Waals surface area contributed by atoms with E-state index < -0.39 is 17.7 Å². The van der Waals surface area contributed by atoms with Crippen molar-refractivity contribution in [2.24, 2.45) is 0 Å². The van der Waals surface area contributed by atoms with E-state index >= 15 is 0 Å². The third-order valence-electron chi connectivity index (χ3n) is 3.13. The molecule has 0 atom stereocenters. The van der Waals surface area contributed by atoms with Crippen LogP contribution in [0.5, 0.6) is 0 Å². The van der Waals surface area contributed by atoms with E-state index in [0.29, 0.717) is 11.1 Å². The summed E-state index contributed by atoms with van der Waals surface area (Å²) < 4.78 is 18.1. The first-order valence-corrected chi connectivity index (χ1v) is 6.91. The molecule has 6 heteroatoms. The monoisotopic (exact) mass is 324 g/mol. The highest BCUT2D eigenvalue weighted by Gasteiger charge is 2.12. The van der Waals surface area contributed by atoms with Crippen molar-refractivity contribution < 1.29 is 18.7 Å². The molecular weight excluding hydrogens is 311 g/mol. The number of nitriles is 1. The van der Waals surface area contributed by atoms with Gasteiger partial charge in [-0.1, -0.05) is 24.3 Å². The van der Waals surface area contributed by atoms with Crippen LogP contribution in [0, 0.1) is 17.1 Å². The number of hydrogen-bond acceptors (Lipinski definition) is 4. The standard InChI is InChI=1S/C18H13FN2O3/c1-24-18(23)13-8-6-12(7-9-13)10-14(11-20)17(22)21-16-5-3-2-4-15(16)19/h2-10H,1H3,(H,21,22). The number of para-hydroxylation sites is 1. The number of hydrogen-bond donors (Lipinski definition) is 1. The number of methoxy groups -OCH3 is 1. The van der Waals surface area contributed by atoms with E-state index in [1.165, 1.54) is 43.5 Å². The van der Waals surface area contributed by atoms with Gasteiger partial charge in [0.1, 0.15) is 17.5 Å². The quantitative estimate of drug-likeness (QED) is 0.532. The number of anilines is 1. The zero-order chi connectivity index (χ0) is 17.5. The van der Waals surface area contributed by atoms with Crippen LogP contribution in [0.2, 0.25) is 0 Å². The number of ether oxygens (including phenoxy) is 1. The maximum Gasteiger partial charge on any atom is 0.337 e. The Hall–Kier alpha value is -3.46. The molecule has 120 valence electrons. The van der Waals surface area contributed by atoms with Crippen LogP contribution in [0.15, 0.2) is 54.1 Å². The lowest BCUT2D eigenvalue weighted by atomic mass is 10.1. The summed E-state index contributed by atoms with van der Waals surface area (Å²) in [6.45, 7) is 0. The molecule has 0 saturated carbocycles. The van der Waals surface area contributed by atoms with Crippen LogP contribution < -0.4 is 5.32 Å². The molecular formula is C18H13FN2O3. The first-order chi connectivity index (χ1) is 11.5. The number of carbonyl (C=O) groups excluding carboxylic acids is 2. The Bertz CT molecular complexity index is 836. The minimum absolute atomic E-state index is 0.00955. The number of halogens is 1. The van der Waals surface area contributed by atoms with Crippen molar-refractivity contribution >= 4 is 23.6 Å². The lowest BCUT2D eigenvalue weighted by Crippen LogP contribution is -2.14. The summed E-state index contributed by atoms with van der Waals surface area (Å²) in [7, 11) is 1.27. The molecule has 0 aliphatic carbocycles. The molecule has 0 bridgehead atoms. The molecule has 0 heterocycles. The van der Waals surface area contributed by atoms with Gasteiger partial charge in [0, 0.05) is 0 Å². The third-order valence-corrected chi connectivity index (χ3v) is 3.13. The largest absolute Gasteiger partial charge is 0.465 e. The van der Waals surface area contributed by atoms with Gasteiger partial charge in [-0.15, -0.1) is 0 Å². The number of esters is 1. The SMILES string of the molecule is COC(=O)c1ccc(C=C(C#N)C(=O)Nc2ccccc2F)cc1. The predicted molar refractivity (Wildman–Crippen MR) is 86.4 cm³/mol. The predicted octanol–water partition coefficient (Wildman–Crippen LogP) is 3.16. The van der Waals surface area contributed by atoms with Crippen LogP contribution in [0.25, 0.3) is 6.08 Å². The fourth-order valence-corrected chi connectivity index (χ4v) is 1.90. The third kappa shape index (κ3) is 4.05. The molecule has 1 N–H and O–H groups in total. The molecule has 1 amide bonds. The number of rotatable bonds is 4. The molecule has 5 nitrogen and oxygen atoms in total. The van der Waals surface area contributed by atoms with Crippen molar-refractivity contribution in [1.82, 2.24) is 0 Å². The maximum atomic E-state index is 13.5. The van der Waals surface area contributed by atoms with Gasteiger partial charge >= 0.3 is 5.97 Å². The Labute approximate surface area is 138 Å². The van der Waals surface area contributed by atoms with Gasteiger partial charge < -0.3 is 10.1 Å².